The summed E-state index contributed by atoms with van der Waals surface area (Å²) in [6.45, 7) is 0. The first-order valence-electron chi connectivity index (χ1n) is 4.71. The molecule has 2 aromatic heterocycles. The van der Waals surface area contributed by atoms with Gasteiger partial charge in [-0.3, -0.25) is 0 Å². The highest BCUT2D eigenvalue weighted by atomic mass is 16.4. The zero-order valence-corrected chi connectivity index (χ0v) is 8.42. The number of carboxylic acids is 1. The summed E-state index contributed by atoms with van der Waals surface area (Å²) >= 11 is 0. The molecule has 2 rings (SSSR count). The zero-order valence-electron chi connectivity index (χ0n) is 8.42. The van der Waals surface area contributed by atoms with E-state index in [9.17, 15) is 9.90 Å². The van der Waals surface area contributed by atoms with Gasteiger partial charge < -0.3 is 19.7 Å². The maximum Gasteiger partial charge on any atom is 0.332 e. The molecule has 2 aromatic rings. The van der Waals surface area contributed by atoms with E-state index in [0.29, 0.717) is 5.76 Å². The van der Waals surface area contributed by atoms with Crippen LogP contribution in [0.1, 0.15) is 11.5 Å². The molecule has 0 spiro atoms. The lowest BCUT2D eigenvalue weighted by atomic mass is 9.92. The summed E-state index contributed by atoms with van der Waals surface area (Å²) < 4.78 is 10.2. The van der Waals surface area contributed by atoms with Gasteiger partial charge in [-0.05, 0) is 24.3 Å². The van der Waals surface area contributed by atoms with Crippen LogP contribution in [-0.4, -0.2) is 11.1 Å². The highest BCUT2D eigenvalue weighted by Crippen LogP contribution is 2.24. The van der Waals surface area contributed by atoms with Gasteiger partial charge in [0.1, 0.15) is 11.5 Å². The first kappa shape index (κ1) is 10.5. The minimum Gasteiger partial charge on any atom is -0.480 e. The Morgan fingerprint density at radius 2 is 2.00 bits per heavy atom. The molecule has 2 heterocycles. The average Bonchev–Trinajstić information content (AvgIpc) is 2.88. The van der Waals surface area contributed by atoms with Crippen LogP contribution in [0.4, 0.5) is 0 Å². The Balaban J connectivity index is 2.33. The van der Waals surface area contributed by atoms with Crippen LogP contribution in [0, 0.1) is 0 Å². The third-order valence-corrected chi connectivity index (χ3v) is 2.38. The first-order chi connectivity index (χ1) is 7.63. The van der Waals surface area contributed by atoms with Crippen molar-refractivity contribution in [3.63, 3.8) is 0 Å². The van der Waals surface area contributed by atoms with Crippen LogP contribution in [0.2, 0.25) is 0 Å². The second kappa shape index (κ2) is 3.86. The summed E-state index contributed by atoms with van der Waals surface area (Å²) in [4.78, 5) is 11.2. The third-order valence-electron chi connectivity index (χ3n) is 2.38. The van der Waals surface area contributed by atoms with Crippen molar-refractivity contribution >= 4 is 5.97 Å². The molecule has 84 valence electrons. The van der Waals surface area contributed by atoms with Gasteiger partial charge in [0.15, 0.2) is 5.54 Å². The van der Waals surface area contributed by atoms with E-state index in [1.165, 1.54) is 18.6 Å². The molecule has 0 radical (unpaired) electrons. The molecule has 0 bridgehead atoms. The summed E-state index contributed by atoms with van der Waals surface area (Å²) in [6, 6.07) is 6.49. The van der Waals surface area contributed by atoms with Gasteiger partial charge in [-0.25, -0.2) is 4.79 Å². The molecule has 16 heavy (non-hydrogen) atoms. The van der Waals surface area contributed by atoms with Gasteiger partial charge in [0.05, 0.1) is 12.5 Å². The minimum atomic E-state index is -1.60. The third kappa shape index (κ3) is 1.72. The lowest BCUT2D eigenvalue weighted by molar-refractivity contribution is -0.144. The van der Waals surface area contributed by atoms with Gasteiger partial charge in [-0.1, -0.05) is 0 Å². The Bertz CT molecular complexity index is 460. The van der Waals surface area contributed by atoms with E-state index in [1.54, 1.807) is 18.2 Å². The van der Waals surface area contributed by atoms with Crippen molar-refractivity contribution in [2.45, 2.75) is 12.0 Å². The van der Waals surface area contributed by atoms with E-state index in [0.717, 1.165) is 0 Å². The fraction of sp³-hybridized carbons (Fsp3) is 0.182. The Morgan fingerprint density at radius 1 is 1.31 bits per heavy atom. The summed E-state index contributed by atoms with van der Waals surface area (Å²) in [5.41, 5.74) is 4.25. The molecular formula is C11H11NO4. The second-order valence-electron chi connectivity index (χ2n) is 3.51. The van der Waals surface area contributed by atoms with E-state index in [4.69, 9.17) is 14.6 Å². The topological polar surface area (TPSA) is 89.6 Å². The zero-order chi connectivity index (χ0) is 11.6. The van der Waals surface area contributed by atoms with Gasteiger partial charge in [0.2, 0.25) is 0 Å². The van der Waals surface area contributed by atoms with Crippen LogP contribution < -0.4 is 5.73 Å². The van der Waals surface area contributed by atoms with Crippen molar-refractivity contribution in [2.24, 2.45) is 5.73 Å². The minimum absolute atomic E-state index is 0.0445. The molecule has 3 N–H and O–H groups in total. The number of aliphatic carboxylic acids is 1. The molecule has 0 aromatic carbocycles. The Labute approximate surface area is 91.5 Å². The number of hydrogen-bond donors (Lipinski definition) is 2. The largest absolute Gasteiger partial charge is 0.480 e. The molecule has 0 aliphatic heterocycles. The van der Waals surface area contributed by atoms with Crippen molar-refractivity contribution in [1.82, 2.24) is 0 Å². The average molecular weight is 221 g/mol. The van der Waals surface area contributed by atoms with Crippen molar-refractivity contribution < 1.29 is 18.7 Å². The van der Waals surface area contributed by atoms with E-state index >= 15 is 0 Å². The van der Waals surface area contributed by atoms with Crippen molar-refractivity contribution in [2.75, 3.05) is 0 Å². The van der Waals surface area contributed by atoms with E-state index in [-0.39, 0.29) is 12.2 Å². The quantitative estimate of drug-likeness (QED) is 0.813. The van der Waals surface area contributed by atoms with Crippen LogP contribution in [0.25, 0.3) is 0 Å². The highest BCUT2D eigenvalue weighted by Gasteiger charge is 2.40. The molecule has 0 saturated heterocycles. The highest BCUT2D eigenvalue weighted by molar-refractivity contribution is 5.79. The SMILES string of the molecule is N[C@](Cc1ccco1)(C(=O)O)c1ccco1. The Kier molecular flexibility index (Phi) is 2.54. The van der Waals surface area contributed by atoms with Crippen molar-refractivity contribution in [1.29, 1.82) is 0 Å². The maximum absolute atomic E-state index is 11.2. The molecule has 0 fully saturated rings. The summed E-state index contributed by atoms with van der Waals surface area (Å²) in [7, 11) is 0. The standard InChI is InChI=1S/C11H11NO4/c12-11(10(13)14,9-4-2-6-16-9)7-8-3-1-5-15-8/h1-6H,7,12H2,(H,13,14)/t11-/m0/s1. The van der Waals surface area contributed by atoms with Gasteiger partial charge in [-0.2, -0.15) is 0 Å². The summed E-state index contributed by atoms with van der Waals surface area (Å²) in [6.07, 6.45) is 2.91. The predicted octanol–water partition coefficient (Wildman–Crippen LogP) is 1.35. The van der Waals surface area contributed by atoms with Gasteiger partial charge in [0, 0.05) is 6.42 Å². The lowest BCUT2D eigenvalue weighted by Crippen LogP contribution is -2.46. The second-order valence-corrected chi connectivity index (χ2v) is 3.51. The number of carboxylic acid groups (broad SMARTS) is 1. The fourth-order valence-electron chi connectivity index (χ4n) is 1.49. The fourth-order valence-corrected chi connectivity index (χ4v) is 1.49. The molecule has 0 saturated carbocycles. The lowest BCUT2D eigenvalue weighted by Gasteiger charge is -2.20. The summed E-state index contributed by atoms with van der Waals surface area (Å²) in [5, 5.41) is 9.18. The van der Waals surface area contributed by atoms with Gasteiger partial charge in [-0.15, -0.1) is 0 Å². The summed E-state index contributed by atoms with van der Waals surface area (Å²) in [5.74, 6) is -0.448. The molecular weight excluding hydrogens is 210 g/mol. The molecule has 0 unspecified atom stereocenters. The van der Waals surface area contributed by atoms with Crippen LogP contribution >= 0.6 is 0 Å². The van der Waals surface area contributed by atoms with Crippen LogP contribution in [0.15, 0.2) is 45.6 Å². The predicted molar refractivity (Wildman–Crippen MR) is 54.6 cm³/mol. The molecule has 0 aliphatic carbocycles. The maximum atomic E-state index is 11.2. The monoisotopic (exact) mass is 221 g/mol. The number of hydrogen-bond acceptors (Lipinski definition) is 4. The molecule has 5 heteroatoms. The Morgan fingerprint density at radius 3 is 2.50 bits per heavy atom. The normalized spacial score (nSPS) is 14.6. The van der Waals surface area contributed by atoms with E-state index in [1.807, 2.05) is 0 Å². The van der Waals surface area contributed by atoms with E-state index < -0.39 is 11.5 Å². The molecule has 0 amide bonds. The van der Waals surface area contributed by atoms with Gasteiger partial charge >= 0.3 is 5.97 Å². The number of rotatable bonds is 4. The van der Waals surface area contributed by atoms with E-state index in [2.05, 4.69) is 0 Å². The molecule has 5 nitrogen and oxygen atoms in total. The molecule has 0 aliphatic rings. The van der Waals surface area contributed by atoms with Crippen LogP contribution in [0.5, 0.6) is 0 Å². The smallest absolute Gasteiger partial charge is 0.332 e. The van der Waals surface area contributed by atoms with Gasteiger partial charge in [0.25, 0.3) is 0 Å². The number of furan rings is 2. The van der Waals surface area contributed by atoms with Crippen LogP contribution in [-0.2, 0) is 16.8 Å². The van der Waals surface area contributed by atoms with Crippen LogP contribution in [0.3, 0.4) is 0 Å². The number of nitrogens with two attached hydrogens (primary N) is 1. The number of carbonyl (C=O) groups is 1. The Hall–Kier alpha value is -2.01. The molecule has 1 atom stereocenters. The van der Waals surface area contributed by atoms with Crippen molar-refractivity contribution in [3.05, 3.63) is 48.3 Å². The first-order valence-corrected chi connectivity index (χ1v) is 4.71. The van der Waals surface area contributed by atoms with Crippen molar-refractivity contribution in [3.8, 4) is 0 Å².